The summed E-state index contributed by atoms with van der Waals surface area (Å²) in [7, 11) is -3.76. The van der Waals surface area contributed by atoms with E-state index >= 15 is 0 Å². The van der Waals surface area contributed by atoms with Gasteiger partial charge in [-0.15, -0.1) is 0 Å². The second-order valence-corrected chi connectivity index (χ2v) is 9.51. The van der Waals surface area contributed by atoms with Crippen molar-refractivity contribution in [2.75, 3.05) is 5.75 Å². The van der Waals surface area contributed by atoms with Crippen molar-refractivity contribution in [3.05, 3.63) is 0 Å². The first kappa shape index (κ1) is 25.9. The van der Waals surface area contributed by atoms with Gasteiger partial charge >= 0.3 is 0 Å². The Hall–Kier alpha value is -0.130. The van der Waals surface area contributed by atoms with E-state index in [2.05, 4.69) is 0 Å². The zero-order valence-corrected chi connectivity index (χ0v) is 17.9. The second-order valence-electron chi connectivity index (χ2n) is 7.93. The Morgan fingerprint density at radius 3 is 1.12 bits per heavy atom. The predicted molar refractivity (Wildman–Crippen MR) is 111 cm³/mol. The van der Waals surface area contributed by atoms with Crippen LogP contribution in [0.5, 0.6) is 0 Å². The molecule has 0 aromatic carbocycles. The summed E-state index contributed by atoms with van der Waals surface area (Å²) in [6.07, 6.45) is 21.8. The molecule has 0 heterocycles. The molecule has 0 aromatic rings. The van der Waals surface area contributed by atoms with E-state index in [4.69, 9.17) is 4.55 Å². The smallest absolute Gasteiger partial charge is 0.264 e. The van der Waals surface area contributed by atoms with Crippen molar-refractivity contribution in [2.24, 2.45) is 0 Å². The third-order valence-electron chi connectivity index (χ3n) is 5.02. The van der Waals surface area contributed by atoms with Crippen LogP contribution in [-0.2, 0) is 10.1 Å². The summed E-state index contributed by atoms with van der Waals surface area (Å²) >= 11 is 0. The highest BCUT2D eigenvalue weighted by atomic mass is 32.2. The van der Waals surface area contributed by atoms with E-state index in [0.29, 0.717) is 6.42 Å². The largest absolute Gasteiger partial charge is 0.393 e. The monoisotopic (exact) mass is 392 g/mol. The average molecular weight is 393 g/mol. The van der Waals surface area contributed by atoms with E-state index in [1.807, 2.05) is 6.92 Å². The van der Waals surface area contributed by atoms with E-state index in [9.17, 15) is 13.5 Å². The van der Waals surface area contributed by atoms with E-state index in [1.165, 1.54) is 89.9 Å². The van der Waals surface area contributed by atoms with Gasteiger partial charge in [0.1, 0.15) is 0 Å². The van der Waals surface area contributed by atoms with Crippen molar-refractivity contribution in [1.82, 2.24) is 0 Å². The molecule has 0 rings (SSSR count). The lowest BCUT2D eigenvalue weighted by molar-refractivity contribution is 0.180. The van der Waals surface area contributed by atoms with Crippen molar-refractivity contribution in [1.29, 1.82) is 0 Å². The van der Waals surface area contributed by atoms with Crippen LogP contribution in [0.4, 0.5) is 0 Å². The first-order valence-electron chi connectivity index (χ1n) is 11.0. The van der Waals surface area contributed by atoms with Gasteiger partial charge in [0.2, 0.25) is 0 Å². The molecule has 158 valence electrons. The molecule has 0 aliphatic rings. The van der Waals surface area contributed by atoms with Crippen molar-refractivity contribution >= 4 is 10.1 Å². The van der Waals surface area contributed by atoms with Gasteiger partial charge in [0, 0.05) is 0 Å². The summed E-state index contributed by atoms with van der Waals surface area (Å²) in [5, 5.41) is 9.19. The topological polar surface area (TPSA) is 74.6 Å². The van der Waals surface area contributed by atoms with Crippen LogP contribution in [-0.4, -0.2) is 29.9 Å². The van der Waals surface area contributed by atoms with Crippen LogP contribution >= 0.6 is 0 Å². The van der Waals surface area contributed by atoms with Crippen LogP contribution in [0.15, 0.2) is 0 Å². The zero-order valence-electron chi connectivity index (χ0n) is 17.1. The normalized spacial score (nSPS) is 13.2. The Morgan fingerprint density at radius 2 is 0.846 bits per heavy atom. The van der Waals surface area contributed by atoms with E-state index in [-0.39, 0.29) is 11.9 Å². The molecule has 0 spiro atoms. The molecule has 0 amide bonds. The molecule has 2 N–H and O–H groups in total. The summed E-state index contributed by atoms with van der Waals surface area (Å²) in [5.74, 6) is -0.0873. The zero-order chi connectivity index (χ0) is 19.5. The van der Waals surface area contributed by atoms with Crippen molar-refractivity contribution in [3.63, 3.8) is 0 Å². The van der Waals surface area contributed by atoms with Gasteiger partial charge in [-0.25, -0.2) is 0 Å². The van der Waals surface area contributed by atoms with Gasteiger partial charge in [0.25, 0.3) is 10.1 Å². The Labute approximate surface area is 162 Å². The number of unbranched alkanes of at least 4 members (excludes halogenated alkanes) is 16. The maximum absolute atomic E-state index is 10.6. The molecule has 0 aliphatic heterocycles. The van der Waals surface area contributed by atoms with E-state index < -0.39 is 10.1 Å². The quantitative estimate of drug-likeness (QED) is 0.189. The highest BCUT2D eigenvalue weighted by molar-refractivity contribution is 7.85. The second kappa shape index (κ2) is 18.2. The van der Waals surface area contributed by atoms with Gasteiger partial charge in [0.05, 0.1) is 11.9 Å². The average Bonchev–Trinajstić information content (AvgIpc) is 2.55. The highest BCUT2D eigenvalue weighted by Crippen LogP contribution is 2.14. The molecule has 0 fully saturated rings. The SMILES string of the molecule is CC(O)CCCCCCCCCCCCCCCCCCCS(=O)(=O)O. The molecule has 1 atom stereocenters. The standard InChI is InChI=1S/C21H44O4S/c1-21(22)19-17-15-13-11-9-7-5-3-2-4-6-8-10-12-14-16-18-20-26(23,24)25/h21-22H,2-20H2,1H3,(H,23,24,25). The van der Waals surface area contributed by atoms with Crippen LogP contribution in [0.2, 0.25) is 0 Å². The van der Waals surface area contributed by atoms with Gasteiger partial charge < -0.3 is 5.11 Å². The van der Waals surface area contributed by atoms with Crippen LogP contribution < -0.4 is 0 Å². The number of aliphatic hydroxyl groups excluding tert-OH is 1. The van der Waals surface area contributed by atoms with Crippen molar-refractivity contribution < 1.29 is 18.1 Å². The number of rotatable bonds is 20. The van der Waals surface area contributed by atoms with Crippen LogP contribution in [0.25, 0.3) is 0 Å². The Kier molecular flexibility index (Phi) is 18.2. The molecule has 0 bridgehead atoms. The minimum Gasteiger partial charge on any atom is -0.393 e. The molecule has 1 unspecified atom stereocenters. The van der Waals surface area contributed by atoms with E-state index in [0.717, 1.165) is 19.3 Å². The van der Waals surface area contributed by atoms with Crippen LogP contribution in [0.3, 0.4) is 0 Å². The molecule has 0 saturated carbocycles. The Morgan fingerprint density at radius 1 is 0.577 bits per heavy atom. The maximum atomic E-state index is 10.6. The van der Waals surface area contributed by atoms with Crippen LogP contribution in [0.1, 0.15) is 122 Å². The first-order valence-corrected chi connectivity index (χ1v) is 12.7. The third kappa shape index (κ3) is 23.9. The Bertz CT molecular complexity index is 379. The third-order valence-corrected chi connectivity index (χ3v) is 5.83. The van der Waals surface area contributed by atoms with Gasteiger partial charge in [-0.1, -0.05) is 103 Å². The maximum Gasteiger partial charge on any atom is 0.264 e. The summed E-state index contributed by atoms with van der Waals surface area (Å²) < 4.78 is 29.8. The highest BCUT2D eigenvalue weighted by Gasteiger charge is 2.02. The fourth-order valence-electron chi connectivity index (χ4n) is 3.38. The molecule has 0 aromatic heterocycles. The lowest BCUT2D eigenvalue weighted by atomic mass is 10.0. The lowest BCUT2D eigenvalue weighted by Crippen LogP contribution is -2.03. The summed E-state index contributed by atoms with van der Waals surface area (Å²) in [5.41, 5.74) is 0. The van der Waals surface area contributed by atoms with Gasteiger partial charge in [-0.05, 0) is 19.8 Å². The fraction of sp³-hybridized carbons (Fsp3) is 1.00. The van der Waals surface area contributed by atoms with Gasteiger partial charge in [-0.3, -0.25) is 4.55 Å². The summed E-state index contributed by atoms with van der Waals surface area (Å²) in [6.45, 7) is 1.87. The molecular weight excluding hydrogens is 348 g/mol. The number of hydrogen-bond donors (Lipinski definition) is 2. The first-order chi connectivity index (χ1) is 12.4. The minimum atomic E-state index is -3.76. The van der Waals surface area contributed by atoms with Crippen molar-refractivity contribution in [3.8, 4) is 0 Å². The van der Waals surface area contributed by atoms with Crippen molar-refractivity contribution in [2.45, 2.75) is 129 Å². The molecule has 26 heavy (non-hydrogen) atoms. The van der Waals surface area contributed by atoms with Gasteiger partial charge in [-0.2, -0.15) is 8.42 Å². The molecule has 0 aliphatic carbocycles. The summed E-state index contributed by atoms with van der Waals surface area (Å²) in [4.78, 5) is 0. The molecular formula is C21H44O4S. The lowest BCUT2D eigenvalue weighted by Gasteiger charge is -2.05. The van der Waals surface area contributed by atoms with Gasteiger partial charge in [0.15, 0.2) is 0 Å². The number of hydrogen-bond acceptors (Lipinski definition) is 3. The molecule has 0 radical (unpaired) electrons. The minimum absolute atomic E-state index is 0.0873. The molecule has 4 nitrogen and oxygen atoms in total. The Balaban J connectivity index is 3.05. The summed E-state index contributed by atoms with van der Waals surface area (Å²) in [6, 6.07) is 0. The predicted octanol–water partition coefficient (Wildman–Crippen LogP) is 6.28. The number of aliphatic hydroxyl groups is 1. The molecule has 5 heteroatoms. The van der Waals surface area contributed by atoms with E-state index in [1.54, 1.807) is 0 Å². The fourth-order valence-corrected chi connectivity index (χ4v) is 3.94. The van der Waals surface area contributed by atoms with Crippen LogP contribution in [0, 0.1) is 0 Å². The molecule has 0 saturated heterocycles.